The molecule has 1 unspecified atom stereocenters. The zero-order valence-electron chi connectivity index (χ0n) is 10.5. The molecule has 4 heteroatoms. The molecular weight excluding hydrogens is 230 g/mol. The van der Waals surface area contributed by atoms with Gasteiger partial charge in [-0.2, -0.15) is 0 Å². The molecule has 2 rings (SSSR count). The largest absolute Gasteiger partial charge is 0.316 e. The molecule has 0 radical (unpaired) electrons. The lowest BCUT2D eigenvalue weighted by Gasteiger charge is -2.22. The summed E-state index contributed by atoms with van der Waals surface area (Å²) in [6.45, 7) is 4.68. The molecule has 3 nitrogen and oxygen atoms in total. The van der Waals surface area contributed by atoms with Crippen LogP contribution in [0.1, 0.15) is 31.4 Å². The number of hydrogen-bond acceptors (Lipinski definition) is 4. The van der Waals surface area contributed by atoms with Crippen LogP contribution in [-0.4, -0.2) is 31.2 Å². The minimum absolute atomic E-state index is 0.920. The standard InChI is InChI=1S/C13H23N3S/c1(3-12-4-2-7-15-9-12)6-14-8-5-13-10-17-11-16-13/h10-12,14-15H,1-9H2. The quantitative estimate of drug-likeness (QED) is 0.730. The van der Waals surface area contributed by atoms with Crippen LogP contribution < -0.4 is 10.6 Å². The van der Waals surface area contributed by atoms with Crippen LogP contribution in [0.3, 0.4) is 0 Å². The van der Waals surface area contributed by atoms with Crippen molar-refractivity contribution < 1.29 is 0 Å². The third-order valence-corrected chi connectivity index (χ3v) is 4.04. The van der Waals surface area contributed by atoms with Crippen molar-refractivity contribution in [3.05, 3.63) is 16.6 Å². The molecule has 1 saturated heterocycles. The van der Waals surface area contributed by atoms with E-state index in [9.17, 15) is 0 Å². The van der Waals surface area contributed by atoms with Crippen LogP contribution in [0, 0.1) is 5.92 Å². The molecule has 1 aromatic rings. The van der Waals surface area contributed by atoms with E-state index in [1.807, 2.05) is 5.51 Å². The first-order valence-corrected chi connectivity index (χ1v) is 7.68. The monoisotopic (exact) mass is 253 g/mol. The third kappa shape index (κ3) is 5.15. The van der Waals surface area contributed by atoms with Crippen molar-refractivity contribution in [1.29, 1.82) is 0 Å². The summed E-state index contributed by atoms with van der Waals surface area (Å²) < 4.78 is 0. The Kier molecular flexibility index (Phi) is 5.96. The van der Waals surface area contributed by atoms with Crippen LogP contribution in [0.4, 0.5) is 0 Å². The summed E-state index contributed by atoms with van der Waals surface area (Å²) in [7, 11) is 0. The van der Waals surface area contributed by atoms with Crippen molar-refractivity contribution in [2.75, 3.05) is 26.2 Å². The lowest BCUT2D eigenvalue weighted by molar-refractivity contribution is 0.348. The van der Waals surface area contributed by atoms with Crippen LogP contribution in [0.25, 0.3) is 0 Å². The average molecular weight is 253 g/mol. The van der Waals surface area contributed by atoms with Gasteiger partial charge in [-0.15, -0.1) is 11.3 Å². The van der Waals surface area contributed by atoms with Crippen molar-refractivity contribution in [2.45, 2.75) is 32.1 Å². The summed E-state index contributed by atoms with van der Waals surface area (Å²) >= 11 is 1.68. The SMILES string of the molecule is c1nc(CCNCCCC2CCCNC2)cs1. The van der Waals surface area contributed by atoms with Crippen LogP contribution in [0.15, 0.2) is 10.9 Å². The Hall–Kier alpha value is -0.450. The van der Waals surface area contributed by atoms with Crippen LogP contribution >= 0.6 is 11.3 Å². The van der Waals surface area contributed by atoms with Gasteiger partial charge in [0, 0.05) is 18.3 Å². The van der Waals surface area contributed by atoms with E-state index in [2.05, 4.69) is 21.0 Å². The van der Waals surface area contributed by atoms with Crippen molar-refractivity contribution in [3.8, 4) is 0 Å². The second-order valence-corrected chi connectivity index (χ2v) is 5.55. The van der Waals surface area contributed by atoms with E-state index in [0.717, 1.165) is 25.4 Å². The molecule has 0 aliphatic carbocycles. The van der Waals surface area contributed by atoms with E-state index >= 15 is 0 Å². The van der Waals surface area contributed by atoms with Crippen LogP contribution in [0.2, 0.25) is 0 Å². The lowest BCUT2D eigenvalue weighted by Crippen LogP contribution is -2.30. The average Bonchev–Trinajstić information content (AvgIpc) is 2.88. The predicted octanol–water partition coefficient (Wildman–Crippen LogP) is 2.05. The topological polar surface area (TPSA) is 37.0 Å². The highest BCUT2D eigenvalue weighted by Gasteiger charge is 2.11. The molecule has 0 saturated carbocycles. The van der Waals surface area contributed by atoms with Crippen molar-refractivity contribution >= 4 is 11.3 Å². The summed E-state index contributed by atoms with van der Waals surface area (Å²) in [5, 5.41) is 9.12. The zero-order chi connectivity index (χ0) is 11.8. The van der Waals surface area contributed by atoms with Crippen molar-refractivity contribution in [1.82, 2.24) is 15.6 Å². The maximum Gasteiger partial charge on any atom is 0.0794 e. The Balaban J connectivity index is 1.43. The predicted molar refractivity (Wildman–Crippen MR) is 73.5 cm³/mol. The molecular formula is C13H23N3S. The van der Waals surface area contributed by atoms with Gasteiger partial charge in [0.15, 0.2) is 0 Å². The normalized spacial score (nSPS) is 20.6. The molecule has 2 heterocycles. The highest BCUT2D eigenvalue weighted by Crippen LogP contribution is 2.15. The molecule has 1 atom stereocenters. The van der Waals surface area contributed by atoms with Gasteiger partial charge in [-0.3, -0.25) is 0 Å². The highest BCUT2D eigenvalue weighted by molar-refractivity contribution is 7.07. The van der Waals surface area contributed by atoms with Gasteiger partial charge >= 0.3 is 0 Å². The Bertz CT molecular complexity index is 281. The van der Waals surface area contributed by atoms with Gasteiger partial charge in [0.1, 0.15) is 0 Å². The van der Waals surface area contributed by atoms with Gasteiger partial charge in [0.25, 0.3) is 0 Å². The van der Waals surface area contributed by atoms with E-state index < -0.39 is 0 Å². The van der Waals surface area contributed by atoms with E-state index in [0.29, 0.717) is 0 Å². The molecule has 96 valence electrons. The van der Waals surface area contributed by atoms with Crippen molar-refractivity contribution in [2.24, 2.45) is 5.92 Å². The van der Waals surface area contributed by atoms with Crippen molar-refractivity contribution in [3.63, 3.8) is 0 Å². The maximum absolute atomic E-state index is 4.28. The number of nitrogens with one attached hydrogen (secondary N) is 2. The van der Waals surface area contributed by atoms with Crippen LogP contribution in [0.5, 0.6) is 0 Å². The maximum atomic E-state index is 4.28. The van der Waals surface area contributed by atoms with E-state index in [1.165, 1.54) is 44.5 Å². The lowest BCUT2D eigenvalue weighted by atomic mass is 9.95. The summed E-state index contributed by atoms with van der Waals surface area (Å²) in [6.07, 6.45) is 6.53. The second-order valence-electron chi connectivity index (χ2n) is 4.83. The molecule has 1 aromatic heterocycles. The Morgan fingerprint density at radius 2 is 2.47 bits per heavy atom. The number of hydrogen-bond donors (Lipinski definition) is 2. The third-order valence-electron chi connectivity index (χ3n) is 3.41. The first kappa shape index (κ1) is 13.0. The Morgan fingerprint density at radius 1 is 1.47 bits per heavy atom. The second kappa shape index (κ2) is 7.80. The van der Waals surface area contributed by atoms with Gasteiger partial charge in [-0.05, 0) is 51.2 Å². The Morgan fingerprint density at radius 3 is 3.24 bits per heavy atom. The molecule has 2 N–H and O–H groups in total. The highest BCUT2D eigenvalue weighted by atomic mass is 32.1. The summed E-state index contributed by atoms with van der Waals surface area (Å²) in [5.74, 6) is 0.920. The number of thiazole rings is 1. The zero-order valence-corrected chi connectivity index (χ0v) is 11.3. The van der Waals surface area contributed by atoms with E-state index in [1.54, 1.807) is 11.3 Å². The molecule has 17 heavy (non-hydrogen) atoms. The molecule has 0 spiro atoms. The fraction of sp³-hybridized carbons (Fsp3) is 0.769. The van der Waals surface area contributed by atoms with Crippen LogP contribution in [-0.2, 0) is 6.42 Å². The fourth-order valence-corrected chi connectivity index (χ4v) is 2.98. The Labute approximate surface area is 108 Å². The summed E-state index contributed by atoms with van der Waals surface area (Å²) in [4.78, 5) is 4.28. The summed E-state index contributed by atoms with van der Waals surface area (Å²) in [6, 6.07) is 0. The van der Waals surface area contributed by atoms with Gasteiger partial charge in [0.05, 0.1) is 11.2 Å². The summed E-state index contributed by atoms with van der Waals surface area (Å²) in [5.41, 5.74) is 3.13. The minimum atomic E-state index is 0.920. The van der Waals surface area contributed by atoms with Gasteiger partial charge < -0.3 is 10.6 Å². The first-order valence-electron chi connectivity index (χ1n) is 6.73. The van der Waals surface area contributed by atoms with E-state index in [4.69, 9.17) is 0 Å². The number of nitrogens with zero attached hydrogens (tertiary/aromatic N) is 1. The first-order chi connectivity index (χ1) is 8.45. The van der Waals surface area contributed by atoms with E-state index in [-0.39, 0.29) is 0 Å². The number of piperidine rings is 1. The fourth-order valence-electron chi connectivity index (χ4n) is 2.39. The molecule has 0 bridgehead atoms. The molecule has 0 aromatic carbocycles. The molecule has 0 amide bonds. The number of rotatable bonds is 7. The van der Waals surface area contributed by atoms with Gasteiger partial charge in [-0.25, -0.2) is 4.98 Å². The minimum Gasteiger partial charge on any atom is -0.316 e. The van der Waals surface area contributed by atoms with Gasteiger partial charge in [-0.1, -0.05) is 0 Å². The number of aromatic nitrogens is 1. The molecule has 1 aliphatic heterocycles. The molecule has 1 fully saturated rings. The molecule has 1 aliphatic rings. The smallest absolute Gasteiger partial charge is 0.0794 e. The van der Waals surface area contributed by atoms with Gasteiger partial charge in [0.2, 0.25) is 0 Å².